The highest BCUT2D eigenvalue weighted by molar-refractivity contribution is 7.17. The van der Waals surface area contributed by atoms with Crippen LogP contribution in [0.25, 0.3) is 4.96 Å². The molecule has 0 saturated carbocycles. The second-order valence-electron chi connectivity index (χ2n) is 7.57. The third-order valence-corrected chi connectivity index (χ3v) is 6.53. The van der Waals surface area contributed by atoms with E-state index in [-0.39, 0.29) is 11.9 Å². The van der Waals surface area contributed by atoms with Crippen molar-refractivity contribution in [3.8, 4) is 5.88 Å². The van der Waals surface area contributed by atoms with Crippen molar-refractivity contribution in [1.82, 2.24) is 14.6 Å². The zero-order valence-electron chi connectivity index (χ0n) is 15.7. The number of aromatic hydroxyl groups is 1. The molecule has 3 atom stereocenters. The second-order valence-corrected chi connectivity index (χ2v) is 8.58. The zero-order valence-corrected chi connectivity index (χ0v) is 16.5. The van der Waals surface area contributed by atoms with Crippen LogP contribution < -0.4 is 4.90 Å². The number of benzene rings is 1. The van der Waals surface area contributed by atoms with Gasteiger partial charge in [0.1, 0.15) is 4.88 Å². The smallest absolute Gasteiger partial charge is 0.235 e. The molecule has 1 aliphatic heterocycles. The van der Waals surface area contributed by atoms with Crippen LogP contribution in [0, 0.1) is 12.8 Å². The van der Waals surface area contributed by atoms with Gasteiger partial charge in [0.2, 0.25) is 10.8 Å². The van der Waals surface area contributed by atoms with Gasteiger partial charge >= 0.3 is 0 Å². The molecule has 3 heterocycles. The zero-order chi connectivity index (χ0) is 18.3. The van der Waals surface area contributed by atoms with Gasteiger partial charge in [-0.25, -0.2) is 4.98 Å². The van der Waals surface area contributed by atoms with Gasteiger partial charge in [0.25, 0.3) is 0 Å². The number of hydrogen-bond donors (Lipinski definition) is 2. The summed E-state index contributed by atoms with van der Waals surface area (Å²) < 4.78 is 1.62. The first-order valence-electron chi connectivity index (χ1n) is 9.55. The van der Waals surface area contributed by atoms with Crippen LogP contribution in [-0.2, 0) is 6.42 Å². The number of aromatic nitrogens is 3. The molecule has 5 nitrogen and oxygen atoms in total. The van der Waals surface area contributed by atoms with Gasteiger partial charge in [0.05, 0.1) is 13.1 Å². The van der Waals surface area contributed by atoms with Crippen molar-refractivity contribution in [2.45, 2.75) is 46.1 Å². The van der Waals surface area contributed by atoms with Crippen LogP contribution in [0.5, 0.6) is 5.88 Å². The summed E-state index contributed by atoms with van der Waals surface area (Å²) in [5, 5.41) is 15.4. The quantitative estimate of drug-likeness (QED) is 0.741. The number of aryl methyl sites for hydroxylation is 2. The first-order valence-corrected chi connectivity index (χ1v) is 10.4. The molecular formula is C20H27N4OS+. The molecule has 1 aromatic carbocycles. The highest BCUT2D eigenvalue weighted by Crippen LogP contribution is 2.35. The van der Waals surface area contributed by atoms with Gasteiger partial charge in [-0.3, -0.25) is 0 Å². The molecule has 2 aromatic heterocycles. The number of nitrogens with zero attached hydrogens (tertiary/aromatic N) is 3. The van der Waals surface area contributed by atoms with Gasteiger partial charge in [-0.15, -0.1) is 5.10 Å². The molecule has 0 radical (unpaired) electrons. The molecule has 2 N–H and O–H groups in total. The maximum atomic E-state index is 10.9. The Morgan fingerprint density at radius 2 is 2.12 bits per heavy atom. The minimum Gasteiger partial charge on any atom is -0.492 e. The molecule has 3 aromatic rings. The topological polar surface area (TPSA) is 54.9 Å². The van der Waals surface area contributed by atoms with Crippen LogP contribution in [0.3, 0.4) is 0 Å². The van der Waals surface area contributed by atoms with Gasteiger partial charge in [0, 0.05) is 17.9 Å². The number of hydrogen-bond acceptors (Lipinski definition) is 4. The van der Waals surface area contributed by atoms with Crippen LogP contribution in [0.15, 0.2) is 24.3 Å². The van der Waals surface area contributed by atoms with Crippen molar-refractivity contribution < 1.29 is 10.0 Å². The van der Waals surface area contributed by atoms with Crippen molar-refractivity contribution in [2.75, 3.05) is 13.1 Å². The van der Waals surface area contributed by atoms with E-state index in [1.165, 1.54) is 28.9 Å². The van der Waals surface area contributed by atoms with E-state index >= 15 is 0 Å². The predicted octanol–water partition coefficient (Wildman–Crippen LogP) is 2.77. The Hall–Kier alpha value is -1.92. The third kappa shape index (κ3) is 3.12. The Labute approximate surface area is 158 Å². The highest BCUT2D eigenvalue weighted by Gasteiger charge is 2.35. The van der Waals surface area contributed by atoms with E-state index in [0.29, 0.717) is 5.92 Å². The Bertz CT molecular complexity index is 899. The largest absolute Gasteiger partial charge is 0.492 e. The van der Waals surface area contributed by atoms with E-state index in [2.05, 4.69) is 48.2 Å². The van der Waals surface area contributed by atoms with Gasteiger partial charge in [-0.2, -0.15) is 4.52 Å². The summed E-state index contributed by atoms with van der Waals surface area (Å²) in [6, 6.07) is 8.88. The van der Waals surface area contributed by atoms with Crippen LogP contribution >= 0.6 is 11.3 Å². The fourth-order valence-electron chi connectivity index (χ4n) is 4.05. The molecule has 0 amide bonds. The van der Waals surface area contributed by atoms with Crippen molar-refractivity contribution in [2.24, 2.45) is 5.92 Å². The molecule has 1 unspecified atom stereocenters. The molecule has 1 aliphatic rings. The summed E-state index contributed by atoms with van der Waals surface area (Å²) in [6.07, 6.45) is 3.31. The van der Waals surface area contributed by atoms with E-state index in [9.17, 15) is 5.11 Å². The number of quaternary nitrogens is 1. The number of thiazole rings is 1. The molecule has 138 valence electrons. The minimum atomic E-state index is 0.136. The van der Waals surface area contributed by atoms with Crippen molar-refractivity contribution >= 4 is 16.3 Å². The molecule has 0 spiro atoms. The maximum Gasteiger partial charge on any atom is 0.235 e. The monoisotopic (exact) mass is 371 g/mol. The lowest BCUT2D eigenvalue weighted by atomic mass is 9.95. The molecule has 1 fully saturated rings. The summed E-state index contributed by atoms with van der Waals surface area (Å²) in [6.45, 7) is 8.75. The highest BCUT2D eigenvalue weighted by atomic mass is 32.1. The lowest BCUT2D eigenvalue weighted by molar-refractivity contribution is -0.933. The van der Waals surface area contributed by atoms with Crippen molar-refractivity contribution in [3.05, 3.63) is 46.1 Å². The lowest BCUT2D eigenvalue weighted by Gasteiger charge is -2.34. The molecule has 6 heteroatoms. The lowest BCUT2D eigenvalue weighted by Crippen LogP contribution is -3.13. The summed E-state index contributed by atoms with van der Waals surface area (Å²) >= 11 is 1.58. The molecule has 26 heavy (non-hydrogen) atoms. The van der Waals surface area contributed by atoms with Crippen molar-refractivity contribution in [3.63, 3.8) is 0 Å². The number of fused-ring (bicyclic) bond motifs is 1. The van der Waals surface area contributed by atoms with E-state index in [0.717, 1.165) is 35.2 Å². The second kappa shape index (κ2) is 7.00. The minimum absolute atomic E-state index is 0.136. The summed E-state index contributed by atoms with van der Waals surface area (Å²) in [5.41, 5.74) is 2.52. The van der Waals surface area contributed by atoms with Gasteiger partial charge in [-0.05, 0) is 19.8 Å². The van der Waals surface area contributed by atoms with Crippen LogP contribution in [0.4, 0.5) is 0 Å². The van der Waals surface area contributed by atoms with E-state index in [1.54, 1.807) is 15.9 Å². The van der Waals surface area contributed by atoms with Gasteiger partial charge < -0.3 is 10.0 Å². The first-order chi connectivity index (χ1) is 12.6. The Balaban J connectivity index is 1.80. The molecular weight excluding hydrogens is 344 g/mol. The SMILES string of the molecule is CCc1nc2sc([C@H](c3ccc(C)cc3)[NH+]3CCC[C@H](C)C3)c(O)n2n1. The Morgan fingerprint density at radius 3 is 2.77 bits per heavy atom. The van der Waals surface area contributed by atoms with E-state index < -0.39 is 0 Å². The molecule has 0 aliphatic carbocycles. The van der Waals surface area contributed by atoms with Crippen molar-refractivity contribution in [1.29, 1.82) is 0 Å². The number of rotatable bonds is 4. The average molecular weight is 372 g/mol. The normalized spacial score (nSPS) is 22.0. The predicted molar refractivity (Wildman–Crippen MR) is 104 cm³/mol. The van der Waals surface area contributed by atoms with Crippen LogP contribution in [0.1, 0.15) is 54.6 Å². The first kappa shape index (κ1) is 17.5. The molecule has 4 rings (SSSR count). The average Bonchev–Trinajstić information content (AvgIpc) is 3.17. The summed E-state index contributed by atoms with van der Waals surface area (Å²) in [5.74, 6) is 1.75. The number of piperidine rings is 1. The fraction of sp³-hybridized carbons (Fsp3) is 0.500. The van der Waals surface area contributed by atoms with Crippen LogP contribution in [-0.4, -0.2) is 32.8 Å². The molecule has 0 bridgehead atoms. The fourth-order valence-corrected chi connectivity index (χ4v) is 5.21. The Morgan fingerprint density at radius 1 is 1.35 bits per heavy atom. The number of likely N-dealkylation sites (tertiary alicyclic amines) is 1. The van der Waals surface area contributed by atoms with E-state index in [4.69, 9.17) is 0 Å². The molecule has 1 saturated heterocycles. The van der Waals surface area contributed by atoms with Crippen LogP contribution in [0.2, 0.25) is 0 Å². The Kier molecular flexibility index (Phi) is 4.71. The summed E-state index contributed by atoms with van der Waals surface area (Å²) in [4.78, 5) is 7.86. The summed E-state index contributed by atoms with van der Waals surface area (Å²) in [7, 11) is 0. The number of nitrogens with one attached hydrogen (secondary N) is 1. The maximum absolute atomic E-state index is 10.9. The van der Waals surface area contributed by atoms with Gasteiger partial charge in [-0.1, -0.05) is 55.0 Å². The van der Waals surface area contributed by atoms with Gasteiger partial charge in [0.15, 0.2) is 11.9 Å². The standard InChI is InChI=1S/C20H26N4OS/c1-4-16-21-20-24(22-16)19(25)18(26-20)17(15-9-7-13(2)8-10-15)23-11-5-6-14(3)12-23/h7-10,14,17,25H,4-6,11-12H2,1-3H3/p+1/t14-,17-/m0/s1. The van der Waals surface area contributed by atoms with E-state index in [1.807, 2.05) is 6.92 Å². The third-order valence-electron chi connectivity index (χ3n) is 5.45.